The highest BCUT2D eigenvalue weighted by molar-refractivity contribution is 7.91. The Bertz CT molecular complexity index is 949. The molecular weight excluding hydrogens is 390 g/mol. The lowest BCUT2D eigenvalue weighted by Gasteiger charge is -2.21. The number of aliphatic carboxylic acids is 1. The number of hydrogen-bond donors (Lipinski definition) is 2. The monoisotopic (exact) mass is 419 g/mol. The molecule has 29 heavy (non-hydrogen) atoms. The van der Waals surface area contributed by atoms with Gasteiger partial charge >= 0.3 is 5.97 Å². The lowest BCUT2D eigenvalue weighted by Crippen LogP contribution is -2.45. The van der Waals surface area contributed by atoms with E-state index in [0.717, 1.165) is 22.8 Å². The van der Waals surface area contributed by atoms with Crippen LogP contribution in [0.25, 0.3) is 10.8 Å². The van der Waals surface area contributed by atoms with Crippen molar-refractivity contribution in [1.82, 2.24) is 5.32 Å². The third-order valence-corrected chi connectivity index (χ3v) is 6.86. The molecule has 7 heteroatoms. The van der Waals surface area contributed by atoms with Crippen molar-refractivity contribution in [3.8, 4) is 0 Å². The molecule has 0 aliphatic carbocycles. The number of sulfone groups is 1. The molecule has 0 saturated heterocycles. The summed E-state index contributed by atoms with van der Waals surface area (Å²) >= 11 is 0. The number of hydrogen-bond acceptors (Lipinski definition) is 4. The second kappa shape index (κ2) is 10.4. The highest BCUT2D eigenvalue weighted by Gasteiger charge is 2.29. The van der Waals surface area contributed by atoms with Crippen LogP contribution in [0.5, 0.6) is 0 Å². The molecule has 2 aromatic carbocycles. The van der Waals surface area contributed by atoms with Crippen LogP contribution in [0, 0.1) is 5.92 Å². The maximum Gasteiger partial charge on any atom is 0.326 e. The van der Waals surface area contributed by atoms with Crippen LogP contribution in [0.4, 0.5) is 0 Å². The minimum absolute atomic E-state index is 0.0650. The Morgan fingerprint density at radius 3 is 2.41 bits per heavy atom. The fraction of sp³-hybridized carbons (Fsp3) is 0.455. The maximum absolute atomic E-state index is 12.9. The Morgan fingerprint density at radius 2 is 1.76 bits per heavy atom. The van der Waals surface area contributed by atoms with Crippen LogP contribution < -0.4 is 5.32 Å². The van der Waals surface area contributed by atoms with Gasteiger partial charge in [0, 0.05) is 5.75 Å². The van der Waals surface area contributed by atoms with Crippen LogP contribution in [-0.4, -0.2) is 42.9 Å². The van der Waals surface area contributed by atoms with E-state index in [1.807, 2.05) is 49.4 Å². The number of fused-ring (bicyclic) bond motifs is 1. The van der Waals surface area contributed by atoms with Crippen molar-refractivity contribution in [2.24, 2.45) is 5.92 Å². The van der Waals surface area contributed by atoms with E-state index in [1.165, 1.54) is 0 Å². The number of benzene rings is 2. The summed E-state index contributed by atoms with van der Waals surface area (Å²) in [5.41, 5.74) is 0.870. The lowest BCUT2D eigenvalue weighted by atomic mass is 9.95. The number of nitrogens with one attached hydrogen (secondary N) is 1. The van der Waals surface area contributed by atoms with Gasteiger partial charge in [0.1, 0.15) is 6.04 Å². The Hall–Kier alpha value is -2.41. The molecule has 0 spiro atoms. The smallest absolute Gasteiger partial charge is 0.326 e. The summed E-state index contributed by atoms with van der Waals surface area (Å²) < 4.78 is 24.5. The zero-order valence-corrected chi connectivity index (χ0v) is 17.7. The molecule has 0 fully saturated rings. The van der Waals surface area contributed by atoms with Gasteiger partial charge in [-0.3, -0.25) is 4.79 Å². The van der Waals surface area contributed by atoms with E-state index in [1.54, 1.807) is 6.92 Å². The van der Waals surface area contributed by atoms with Crippen LogP contribution >= 0.6 is 0 Å². The third-order valence-electron chi connectivity index (χ3n) is 5.07. The van der Waals surface area contributed by atoms with Gasteiger partial charge < -0.3 is 10.4 Å². The zero-order chi connectivity index (χ0) is 21.4. The largest absolute Gasteiger partial charge is 0.480 e. The number of unbranched alkanes of at least 4 members (excludes halogenated alkanes) is 1. The van der Waals surface area contributed by atoms with E-state index in [-0.39, 0.29) is 17.9 Å². The number of amides is 1. The minimum atomic E-state index is -3.42. The number of carbonyl (C=O) groups is 2. The first-order chi connectivity index (χ1) is 13.8. The van der Waals surface area contributed by atoms with Gasteiger partial charge in [-0.2, -0.15) is 0 Å². The Kier molecular flexibility index (Phi) is 8.20. The van der Waals surface area contributed by atoms with Gasteiger partial charge in [-0.25, -0.2) is 13.2 Å². The Balaban J connectivity index is 2.31. The molecule has 2 atom stereocenters. The molecule has 2 rings (SSSR count). The first kappa shape index (κ1) is 22.9. The van der Waals surface area contributed by atoms with E-state index < -0.39 is 33.7 Å². The van der Waals surface area contributed by atoms with Crippen LogP contribution in [0.15, 0.2) is 42.5 Å². The summed E-state index contributed by atoms with van der Waals surface area (Å²) in [4.78, 5) is 24.4. The quantitative estimate of drug-likeness (QED) is 0.583. The van der Waals surface area contributed by atoms with Crippen LogP contribution in [-0.2, 0) is 25.8 Å². The molecule has 2 aromatic rings. The molecule has 0 aliphatic heterocycles. The molecule has 0 bridgehead atoms. The molecule has 0 radical (unpaired) electrons. The van der Waals surface area contributed by atoms with Crippen LogP contribution in [0.2, 0.25) is 0 Å². The van der Waals surface area contributed by atoms with Crippen molar-refractivity contribution >= 4 is 32.5 Å². The van der Waals surface area contributed by atoms with Crippen molar-refractivity contribution in [2.45, 2.75) is 45.6 Å². The molecule has 2 N–H and O–H groups in total. The number of rotatable bonds is 11. The van der Waals surface area contributed by atoms with Gasteiger partial charge in [-0.15, -0.1) is 0 Å². The number of carboxylic acids is 1. The van der Waals surface area contributed by atoms with Crippen LogP contribution in [0.3, 0.4) is 0 Å². The third kappa shape index (κ3) is 6.56. The lowest BCUT2D eigenvalue weighted by molar-refractivity contribution is -0.142. The van der Waals surface area contributed by atoms with E-state index in [4.69, 9.17) is 0 Å². The molecule has 158 valence electrons. The second-order valence-electron chi connectivity index (χ2n) is 7.28. The first-order valence-electron chi connectivity index (χ1n) is 9.97. The van der Waals surface area contributed by atoms with Crippen molar-refractivity contribution in [1.29, 1.82) is 0 Å². The molecule has 1 amide bonds. The molecule has 0 aliphatic rings. The average Bonchev–Trinajstić information content (AvgIpc) is 2.70. The predicted octanol–water partition coefficient (Wildman–Crippen LogP) is 3.19. The number of carboxylic acid groups (broad SMARTS) is 1. The van der Waals surface area contributed by atoms with E-state index >= 15 is 0 Å². The van der Waals surface area contributed by atoms with Gasteiger partial charge in [0.25, 0.3) is 0 Å². The first-order valence-corrected chi connectivity index (χ1v) is 11.8. The average molecular weight is 420 g/mol. The molecular formula is C22H29NO5S. The summed E-state index contributed by atoms with van der Waals surface area (Å²) in [5, 5.41) is 13.9. The van der Waals surface area contributed by atoms with E-state index in [9.17, 15) is 23.1 Å². The number of carbonyl (C=O) groups excluding carboxylic acids is 1. The SMILES string of the molecule is CCCC[C@H](NC(=O)[C@H](Cc1cccc2ccccc12)CS(=O)(=O)CC)C(=O)O. The summed E-state index contributed by atoms with van der Waals surface area (Å²) in [6, 6.07) is 12.4. The maximum atomic E-state index is 12.9. The van der Waals surface area contributed by atoms with Crippen molar-refractivity contribution in [2.75, 3.05) is 11.5 Å². The van der Waals surface area contributed by atoms with Gasteiger partial charge in [0.2, 0.25) is 5.91 Å². The molecule has 0 heterocycles. The van der Waals surface area contributed by atoms with E-state index in [0.29, 0.717) is 12.8 Å². The highest BCUT2D eigenvalue weighted by Crippen LogP contribution is 2.22. The molecule has 0 aromatic heterocycles. The van der Waals surface area contributed by atoms with Crippen molar-refractivity contribution in [3.05, 3.63) is 48.0 Å². The van der Waals surface area contributed by atoms with Gasteiger partial charge in [0.05, 0.1) is 11.7 Å². The zero-order valence-electron chi connectivity index (χ0n) is 16.9. The summed E-state index contributed by atoms with van der Waals surface area (Å²) in [6.07, 6.45) is 2.02. The second-order valence-corrected chi connectivity index (χ2v) is 9.68. The Morgan fingerprint density at radius 1 is 1.07 bits per heavy atom. The molecule has 0 unspecified atom stereocenters. The molecule has 0 saturated carbocycles. The Labute approximate surface area is 172 Å². The standard InChI is InChI=1S/C22H29NO5S/c1-3-5-13-20(22(25)26)23-21(24)18(15-29(27,28)4-2)14-17-11-8-10-16-9-6-7-12-19(16)17/h6-12,18,20H,3-5,13-15H2,1-2H3,(H,23,24)(H,25,26)/t18-,20+/m1/s1. The molecule has 6 nitrogen and oxygen atoms in total. The van der Waals surface area contributed by atoms with Gasteiger partial charge in [-0.05, 0) is 29.2 Å². The minimum Gasteiger partial charge on any atom is -0.480 e. The fourth-order valence-corrected chi connectivity index (χ4v) is 4.46. The van der Waals surface area contributed by atoms with Gasteiger partial charge in [-0.1, -0.05) is 69.2 Å². The normalized spacial score (nSPS) is 13.7. The highest BCUT2D eigenvalue weighted by atomic mass is 32.2. The predicted molar refractivity (Wildman–Crippen MR) is 115 cm³/mol. The van der Waals surface area contributed by atoms with Gasteiger partial charge in [0.15, 0.2) is 9.84 Å². The summed E-state index contributed by atoms with van der Waals surface area (Å²) in [7, 11) is -3.42. The summed E-state index contributed by atoms with van der Waals surface area (Å²) in [6.45, 7) is 3.49. The van der Waals surface area contributed by atoms with Crippen molar-refractivity contribution in [3.63, 3.8) is 0 Å². The van der Waals surface area contributed by atoms with Crippen molar-refractivity contribution < 1.29 is 23.1 Å². The topological polar surface area (TPSA) is 101 Å². The summed E-state index contributed by atoms with van der Waals surface area (Å²) in [5.74, 6) is -2.86. The fourth-order valence-electron chi connectivity index (χ4n) is 3.34. The van der Waals surface area contributed by atoms with E-state index in [2.05, 4.69) is 5.32 Å². The van der Waals surface area contributed by atoms with Crippen LogP contribution in [0.1, 0.15) is 38.7 Å².